The van der Waals surface area contributed by atoms with Crippen LogP contribution in [0.4, 0.5) is 5.82 Å². The molecule has 0 fully saturated rings. The van der Waals surface area contributed by atoms with Crippen LogP contribution < -0.4 is 10.1 Å². The number of nitrogens with zero attached hydrogens (tertiary/aromatic N) is 4. The Morgan fingerprint density at radius 1 is 1.24 bits per heavy atom. The second-order valence-electron chi connectivity index (χ2n) is 3.74. The fourth-order valence-corrected chi connectivity index (χ4v) is 1.51. The monoisotopic (exact) mass is 233 g/mol. The van der Waals surface area contributed by atoms with Gasteiger partial charge in [-0.2, -0.15) is 10.1 Å². The molecular formula is C11H15N5O. The van der Waals surface area contributed by atoms with E-state index in [2.05, 4.69) is 20.4 Å². The van der Waals surface area contributed by atoms with Gasteiger partial charge in [0.05, 0.1) is 5.69 Å². The molecule has 17 heavy (non-hydrogen) atoms. The van der Waals surface area contributed by atoms with Gasteiger partial charge in [-0.05, 0) is 13.8 Å². The molecule has 90 valence electrons. The molecule has 6 heteroatoms. The number of rotatable bonds is 3. The van der Waals surface area contributed by atoms with Gasteiger partial charge in [0.1, 0.15) is 11.6 Å². The maximum absolute atomic E-state index is 5.66. The van der Waals surface area contributed by atoms with Crippen LogP contribution in [0.5, 0.6) is 11.8 Å². The van der Waals surface area contributed by atoms with E-state index in [9.17, 15) is 0 Å². The van der Waals surface area contributed by atoms with E-state index in [4.69, 9.17) is 4.74 Å². The first-order valence-corrected chi connectivity index (χ1v) is 5.30. The Morgan fingerprint density at radius 3 is 2.59 bits per heavy atom. The molecule has 2 rings (SSSR count). The molecule has 2 heterocycles. The van der Waals surface area contributed by atoms with E-state index in [0.29, 0.717) is 17.6 Å². The lowest BCUT2D eigenvalue weighted by Gasteiger charge is -2.06. The molecule has 0 amide bonds. The molecule has 0 bridgehead atoms. The zero-order valence-electron chi connectivity index (χ0n) is 10.4. The van der Waals surface area contributed by atoms with Crippen molar-refractivity contribution in [3.8, 4) is 11.8 Å². The summed E-state index contributed by atoms with van der Waals surface area (Å²) in [5.74, 6) is 2.55. The number of aryl methyl sites for hydroxylation is 3. The minimum Gasteiger partial charge on any atom is -0.421 e. The molecule has 0 aliphatic carbocycles. The SMILES string of the molecule is CNc1cc(Oc2cc(C)nn2C)nc(C)n1. The summed E-state index contributed by atoms with van der Waals surface area (Å²) in [5, 5.41) is 7.17. The van der Waals surface area contributed by atoms with Gasteiger partial charge in [-0.15, -0.1) is 0 Å². The smallest absolute Gasteiger partial charge is 0.226 e. The van der Waals surface area contributed by atoms with Gasteiger partial charge < -0.3 is 10.1 Å². The average molecular weight is 233 g/mol. The van der Waals surface area contributed by atoms with Crippen molar-refractivity contribution in [3.63, 3.8) is 0 Å². The van der Waals surface area contributed by atoms with Crippen molar-refractivity contribution in [3.05, 3.63) is 23.7 Å². The summed E-state index contributed by atoms with van der Waals surface area (Å²) in [4.78, 5) is 8.41. The summed E-state index contributed by atoms with van der Waals surface area (Å²) >= 11 is 0. The first-order chi connectivity index (χ1) is 8.08. The zero-order chi connectivity index (χ0) is 12.4. The van der Waals surface area contributed by atoms with Gasteiger partial charge in [0.2, 0.25) is 11.8 Å². The molecule has 0 spiro atoms. The fraction of sp³-hybridized carbons (Fsp3) is 0.364. The quantitative estimate of drug-likeness (QED) is 0.873. The standard InChI is InChI=1S/C11H15N5O/c1-7-5-11(16(4)15-7)17-10-6-9(12-3)13-8(2)14-10/h5-6H,1-4H3,(H,12,13,14). The Morgan fingerprint density at radius 2 is 2.00 bits per heavy atom. The van der Waals surface area contributed by atoms with Crippen molar-refractivity contribution in [1.82, 2.24) is 19.7 Å². The van der Waals surface area contributed by atoms with Crippen molar-refractivity contribution in [1.29, 1.82) is 0 Å². The van der Waals surface area contributed by atoms with Crippen LogP contribution in [-0.2, 0) is 7.05 Å². The summed E-state index contributed by atoms with van der Waals surface area (Å²) in [6.07, 6.45) is 0. The minimum atomic E-state index is 0.504. The van der Waals surface area contributed by atoms with Gasteiger partial charge in [-0.3, -0.25) is 0 Å². The molecule has 6 nitrogen and oxygen atoms in total. The lowest BCUT2D eigenvalue weighted by molar-refractivity contribution is 0.413. The molecule has 0 atom stereocenters. The van der Waals surface area contributed by atoms with Gasteiger partial charge in [0.15, 0.2) is 0 Å². The second kappa shape index (κ2) is 4.40. The van der Waals surface area contributed by atoms with Crippen LogP contribution in [0.15, 0.2) is 12.1 Å². The molecule has 0 saturated carbocycles. The largest absolute Gasteiger partial charge is 0.421 e. The van der Waals surface area contributed by atoms with Crippen LogP contribution in [0, 0.1) is 13.8 Å². The first-order valence-electron chi connectivity index (χ1n) is 5.30. The van der Waals surface area contributed by atoms with Crippen molar-refractivity contribution in [2.45, 2.75) is 13.8 Å². The maximum Gasteiger partial charge on any atom is 0.226 e. The van der Waals surface area contributed by atoms with Gasteiger partial charge in [-0.1, -0.05) is 0 Å². The first kappa shape index (κ1) is 11.4. The van der Waals surface area contributed by atoms with E-state index in [-0.39, 0.29) is 0 Å². The third-order valence-corrected chi connectivity index (χ3v) is 2.24. The molecular weight excluding hydrogens is 218 g/mol. The molecule has 2 aromatic rings. The maximum atomic E-state index is 5.66. The van der Waals surface area contributed by atoms with E-state index >= 15 is 0 Å². The Balaban J connectivity index is 2.29. The van der Waals surface area contributed by atoms with E-state index in [0.717, 1.165) is 11.5 Å². The fourth-order valence-electron chi connectivity index (χ4n) is 1.51. The van der Waals surface area contributed by atoms with Crippen molar-refractivity contribution in [2.75, 3.05) is 12.4 Å². The van der Waals surface area contributed by atoms with Crippen LogP contribution in [0.3, 0.4) is 0 Å². The molecule has 2 aromatic heterocycles. The predicted octanol–water partition coefficient (Wildman–Crippen LogP) is 1.66. The van der Waals surface area contributed by atoms with Crippen molar-refractivity contribution >= 4 is 5.82 Å². The molecule has 0 aliphatic rings. The van der Waals surface area contributed by atoms with Gasteiger partial charge in [-0.25, -0.2) is 9.67 Å². The number of aromatic nitrogens is 4. The number of hydrogen-bond acceptors (Lipinski definition) is 5. The predicted molar refractivity (Wildman–Crippen MR) is 64.3 cm³/mol. The van der Waals surface area contributed by atoms with Crippen molar-refractivity contribution in [2.24, 2.45) is 7.05 Å². The highest BCUT2D eigenvalue weighted by Gasteiger charge is 2.07. The highest BCUT2D eigenvalue weighted by Crippen LogP contribution is 2.21. The molecule has 0 aliphatic heterocycles. The zero-order valence-corrected chi connectivity index (χ0v) is 10.4. The topological polar surface area (TPSA) is 64.9 Å². The van der Waals surface area contributed by atoms with Crippen LogP contribution in [0.2, 0.25) is 0 Å². The number of anilines is 1. The molecule has 1 N–H and O–H groups in total. The third-order valence-electron chi connectivity index (χ3n) is 2.24. The van der Waals surface area contributed by atoms with Crippen molar-refractivity contribution < 1.29 is 4.74 Å². The van der Waals surface area contributed by atoms with Crippen LogP contribution in [0.1, 0.15) is 11.5 Å². The van der Waals surface area contributed by atoms with Gasteiger partial charge in [0, 0.05) is 26.2 Å². The lowest BCUT2D eigenvalue weighted by atomic mass is 10.5. The van der Waals surface area contributed by atoms with Gasteiger partial charge >= 0.3 is 0 Å². The van der Waals surface area contributed by atoms with Crippen LogP contribution in [-0.4, -0.2) is 26.8 Å². The molecule has 0 unspecified atom stereocenters. The normalized spacial score (nSPS) is 10.4. The highest BCUT2D eigenvalue weighted by atomic mass is 16.5. The Bertz CT molecular complexity index is 535. The summed E-state index contributed by atoms with van der Waals surface area (Å²) in [7, 11) is 3.63. The average Bonchev–Trinajstić information content (AvgIpc) is 2.56. The van der Waals surface area contributed by atoms with E-state index in [1.807, 2.05) is 27.0 Å². The third kappa shape index (κ3) is 2.52. The van der Waals surface area contributed by atoms with Gasteiger partial charge in [0.25, 0.3) is 0 Å². The number of nitrogens with one attached hydrogen (secondary N) is 1. The highest BCUT2D eigenvalue weighted by molar-refractivity contribution is 5.38. The lowest BCUT2D eigenvalue weighted by Crippen LogP contribution is -2.00. The molecule has 0 saturated heterocycles. The second-order valence-corrected chi connectivity index (χ2v) is 3.74. The number of ether oxygens (including phenoxy) is 1. The Hall–Kier alpha value is -2.11. The Labute approximate surface area is 99.7 Å². The summed E-state index contributed by atoms with van der Waals surface area (Å²) in [6.45, 7) is 3.74. The van der Waals surface area contributed by atoms with Crippen LogP contribution >= 0.6 is 0 Å². The molecule has 0 aromatic carbocycles. The van der Waals surface area contributed by atoms with E-state index in [1.165, 1.54) is 0 Å². The summed E-state index contributed by atoms with van der Waals surface area (Å²) < 4.78 is 7.34. The molecule has 0 radical (unpaired) electrons. The summed E-state index contributed by atoms with van der Waals surface area (Å²) in [5.41, 5.74) is 0.905. The Kier molecular flexibility index (Phi) is 2.95. The summed E-state index contributed by atoms with van der Waals surface area (Å²) in [6, 6.07) is 3.60. The van der Waals surface area contributed by atoms with E-state index < -0.39 is 0 Å². The van der Waals surface area contributed by atoms with E-state index in [1.54, 1.807) is 17.8 Å². The number of hydrogen-bond donors (Lipinski definition) is 1. The van der Waals surface area contributed by atoms with Crippen LogP contribution in [0.25, 0.3) is 0 Å². The minimum absolute atomic E-state index is 0.504.